The molecule has 1 aromatic carbocycles. The summed E-state index contributed by atoms with van der Waals surface area (Å²) in [5.41, 5.74) is 1.22. The summed E-state index contributed by atoms with van der Waals surface area (Å²) in [6.45, 7) is 0. The highest BCUT2D eigenvalue weighted by atomic mass is 16.5. The highest BCUT2D eigenvalue weighted by molar-refractivity contribution is 6.05. The van der Waals surface area contributed by atoms with Gasteiger partial charge in [0.2, 0.25) is 5.95 Å². The normalized spacial score (nSPS) is 14.4. The Bertz CT molecular complexity index is 1010. The molecule has 1 amide bonds. The van der Waals surface area contributed by atoms with Crippen molar-refractivity contribution in [2.24, 2.45) is 0 Å². The second-order valence-electron chi connectivity index (χ2n) is 6.48. The minimum Gasteiger partial charge on any atom is -0.489 e. The maximum absolute atomic E-state index is 12.5. The highest BCUT2D eigenvalue weighted by Crippen LogP contribution is 2.24. The Kier molecular flexibility index (Phi) is 4.45. The van der Waals surface area contributed by atoms with E-state index in [2.05, 4.69) is 20.3 Å². The highest BCUT2D eigenvalue weighted by Gasteiger charge is 2.18. The molecule has 0 spiro atoms. The van der Waals surface area contributed by atoms with Crippen molar-refractivity contribution in [2.45, 2.75) is 31.8 Å². The third-order valence-electron chi connectivity index (χ3n) is 4.56. The molecule has 8 nitrogen and oxygen atoms in total. The van der Waals surface area contributed by atoms with Crippen LogP contribution >= 0.6 is 0 Å². The van der Waals surface area contributed by atoms with Crippen LogP contribution in [0.15, 0.2) is 36.7 Å². The summed E-state index contributed by atoms with van der Waals surface area (Å²) in [6, 6.07) is 6.42. The van der Waals surface area contributed by atoms with Crippen LogP contribution in [0.1, 0.15) is 46.4 Å². The van der Waals surface area contributed by atoms with Crippen molar-refractivity contribution < 1.29 is 19.4 Å². The van der Waals surface area contributed by atoms with Gasteiger partial charge in [-0.05, 0) is 43.9 Å². The molecule has 27 heavy (non-hydrogen) atoms. The molecule has 0 saturated heterocycles. The zero-order valence-electron chi connectivity index (χ0n) is 14.4. The lowest BCUT2D eigenvalue weighted by molar-refractivity contribution is 0.0698. The summed E-state index contributed by atoms with van der Waals surface area (Å²) >= 11 is 0. The number of aromatic amines is 1. The van der Waals surface area contributed by atoms with Crippen LogP contribution in [0.4, 0.5) is 5.95 Å². The van der Waals surface area contributed by atoms with Gasteiger partial charge in [0.05, 0.1) is 28.9 Å². The van der Waals surface area contributed by atoms with E-state index in [1.807, 2.05) is 0 Å². The molecule has 4 rings (SSSR count). The number of carbonyl (C=O) groups excluding carboxylic acids is 1. The van der Waals surface area contributed by atoms with Crippen LogP contribution < -0.4 is 10.1 Å². The maximum atomic E-state index is 12.5. The molecule has 1 fully saturated rings. The lowest BCUT2D eigenvalue weighted by atomic mass is 10.2. The lowest BCUT2D eigenvalue weighted by Crippen LogP contribution is -2.15. The number of benzene rings is 1. The summed E-state index contributed by atoms with van der Waals surface area (Å²) in [5, 5.41) is 11.9. The van der Waals surface area contributed by atoms with E-state index in [0.29, 0.717) is 16.8 Å². The Morgan fingerprint density at radius 2 is 2.04 bits per heavy atom. The van der Waals surface area contributed by atoms with Gasteiger partial charge in [0.15, 0.2) is 0 Å². The molecular weight excluding hydrogens is 348 g/mol. The zero-order chi connectivity index (χ0) is 18.8. The molecule has 0 aliphatic heterocycles. The van der Waals surface area contributed by atoms with Crippen LogP contribution in [0, 0.1) is 0 Å². The minimum atomic E-state index is -1.08. The second-order valence-corrected chi connectivity index (χ2v) is 6.48. The van der Waals surface area contributed by atoms with Gasteiger partial charge < -0.3 is 14.8 Å². The third-order valence-corrected chi connectivity index (χ3v) is 4.56. The number of H-pyrrole nitrogens is 1. The van der Waals surface area contributed by atoms with E-state index in [9.17, 15) is 14.7 Å². The van der Waals surface area contributed by atoms with Gasteiger partial charge in [-0.15, -0.1) is 0 Å². The number of fused-ring (bicyclic) bond motifs is 1. The van der Waals surface area contributed by atoms with Crippen LogP contribution in [0.25, 0.3) is 11.0 Å². The first-order valence-corrected chi connectivity index (χ1v) is 8.75. The number of rotatable bonds is 5. The van der Waals surface area contributed by atoms with Crippen molar-refractivity contribution in [1.82, 2.24) is 15.0 Å². The van der Waals surface area contributed by atoms with E-state index in [0.717, 1.165) is 25.7 Å². The number of carbonyl (C=O) groups is 2. The van der Waals surface area contributed by atoms with Crippen molar-refractivity contribution in [3.8, 4) is 5.75 Å². The van der Waals surface area contributed by atoms with E-state index < -0.39 is 11.9 Å². The molecule has 1 aliphatic rings. The molecule has 8 heteroatoms. The number of imidazole rings is 1. The maximum Gasteiger partial charge on any atom is 0.337 e. The standard InChI is InChI=1S/C19H18N4O4/c24-17(11-8-13(10-20-9-11)27-12-4-1-2-5-12)23-19-21-15-7-3-6-14(18(25)26)16(15)22-19/h3,6-10,12H,1-2,4-5H2,(H,25,26)(H2,21,22,23,24). The number of aromatic nitrogens is 3. The molecule has 0 atom stereocenters. The number of carboxylic acids is 1. The number of pyridine rings is 1. The monoisotopic (exact) mass is 366 g/mol. The lowest BCUT2D eigenvalue weighted by Gasteiger charge is -2.13. The molecule has 138 valence electrons. The van der Waals surface area contributed by atoms with Gasteiger partial charge in [-0.1, -0.05) is 6.07 Å². The summed E-state index contributed by atoms with van der Waals surface area (Å²) < 4.78 is 5.88. The van der Waals surface area contributed by atoms with Crippen LogP contribution in [-0.4, -0.2) is 38.0 Å². The smallest absolute Gasteiger partial charge is 0.337 e. The van der Waals surface area contributed by atoms with E-state index in [-0.39, 0.29) is 23.1 Å². The number of para-hydroxylation sites is 1. The largest absolute Gasteiger partial charge is 0.489 e. The quantitative estimate of drug-likeness (QED) is 0.638. The van der Waals surface area contributed by atoms with Gasteiger partial charge in [0, 0.05) is 6.20 Å². The Hall–Kier alpha value is -3.42. The average Bonchev–Trinajstić information content (AvgIpc) is 3.30. The van der Waals surface area contributed by atoms with Gasteiger partial charge in [0.25, 0.3) is 5.91 Å². The number of carboxylic acid groups (broad SMARTS) is 1. The van der Waals surface area contributed by atoms with Gasteiger partial charge in [-0.3, -0.25) is 15.1 Å². The number of anilines is 1. The molecule has 1 aliphatic carbocycles. The van der Waals surface area contributed by atoms with E-state index in [1.54, 1.807) is 24.4 Å². The topological polar surface area (TPSA) is 117 Å². The SMILES string of the molecule is O=C(Nc1nc2c(C(=O)O)cccc2[nH]1)c1cncc(OC2CCCC2)c1. The van der Waals surface area contributed by atoms with E-state index in [4.69, 9.17) is 4.74 Å². The van der Waals surface area contributed by atoms with Crippen molar-refractivity contribution >= 4 is 28.9 Å². The summed E-state index contributed by atoms with van der Waals surface area (Å²) in [7, 11) is 0. The summed E-state index contributed by atoms with van der Waals surface area (Å²) in [5.74, 6) is -0.751. The second kappa shape index (κ2) is 7.06. The Labute approximate surface area is 154 Å². The van der Waals surface area contributed by atoms with Gasteiger partial charge in [-0.25, -0.2) is 9.78 Å². The third kappa shape index (κ3) is 3.59. The molecule has 0 radical (unpaired) electrons. The predicted molar refractivity (Wildman–Crippen MR) is 98.1 cm³/mol. The average molecular weight is 366 g/mol. The fraction of sp³-hybridized carbons (Fsp3) is 0.263. The number of nitrogens with one attached hydrogen (secondary N) is 2. The summed E-state index contributed by atoms with van der Waals surface area (Å²) in [6.07, 6.45) is 7.56. The Balaban J connectivity index is 1.53. The van der Waals surface area contributed by atoms with Gasteiger partial charge in [0.1, 0.15) is 11.3 Å². The van der Waals surface area contributed by atoms with Crippen LogP contribution in [0.3, 0.4) is 0 Å². The Morgan fingerprint density at radius 3 is 2.81 bits per heavy atom. The fourth-order valence-corrected chi connectivity index (χ4v) is 3.25. The van der Waals surface area contributed by atoms with Crippen molar-refractivity contribution in [3.05, 3.63) is 47.8 Å². The van der Waals surface area contributed by atoms with Crippen LogP contribution in [0.5, 0.6) is 5.75 Å². The van der Waals surface area contributed by atoms with Crippen molar-refractivity contribution in [3.63, 3.8) is 0 Å². The van der Waals surface area contributed by atoms with E-state index in [1.165, 1.54) is 12.3 Å². The first-order valence-electron chi connectivity index (χ1n) is 8.75. The molecule has 2 heterocycles. The first kappa shape index (κ1) is 17.0. The van der Waals surface area contributed by atoms with Crippen molar-refractivity contribution in [1.29, 1.82) is 0 Å². The molecule has 0 unspecified atom stereocenters. The molecule has 3 N–H and O–H groups in total. The van der Waals surface area contributed by atoms with Crippen LogP contribution in [0.2, 0.25) is 0 Å². The predicted octanol–water partition coefficient (Wildman–Crippen LogP) is 3.23. The zero-order valence-corrected chi connectivity index (χ0v) is 14.4. The molecular formula is C19H18N4O4. The number of hydrogen-bond acceptors (Lipinski definition) is 5. The molecule has 0 bridgehead atoms. The fourth-order valence-electron chi connectivity index (χ4n) is 3.25. The van der Waals surface area contributed by atoms with E-state index >= 15 is 0 Å². The number of aromatic carboxylic acids is 1. The number of hydrogen-bond donors (Lipinski definition) is 3. The van der Waals surface area contributed by atoms with Gasteiger partial charge >= 0.3 is 5.97 Å². The number of nitrogens with zero attached hydrogens (tertiary/aromatic N) is 2. The number of ether oxygens (including phenoxy) is 1. The molecule has 2 aromatic heterocycles. The molecule has 3 aromatic rings. The first-order chi connectivity index (χ1) is 13.1. The van der Waals surface area contributed by atoms with Crippen LogP contribution in [-0.2, 0) is 0 Å². The Morgan fingerprint density at radius 1 is 1.22 bits per heavy atom. The summed E-state index contributed by atoms with van der Waals surface area (Å²) in [4.78, 5) is 35.0. The minimum absolute atomic E-state index is 0.0675. The van der Waals surface area contributed by atoms with Gasteiger partial charge in [-0.2, -0.15) is 0 Å². The number of amides is 1. The van der Waals surface area contributed by atoms with Crippen molar-refractivity contribution in [2.75, 3.05) is 5.32 Å². The molecule has 1 saturated carbocycles.